The third-order valence-corrected chi connectivity index (χ3v) is 7.35. The largest absolute Gasteiger partial charge is 0.249 e. The summed E-state index contributed by atoms with van der Waals surface area (Å²) >= 11 is 0. The topological polar surface area (TPSA) is 26.2 Å². The quantitative estimate of drug-likeness (QED) is 0.218. The van der Waals surface area contributed by atoms with Crippen molar-refractivity contribution in [2.75, 3.05) is 10.2 Å². The Balaban J connectivity index is 1.45. The van der Waals surface area contributed by atoms with Gasteiger partial charge in [0.1, 0.15) is 5.82 Å². The molecule has 0 bridgehead atoms. The summed E-state index contributed by atoms with van der Waals surface area (Å²) in [7, 11) is 0. The van der Waals surface area contributed by atoms with E-state index >= 15 is 4.39 Å². The predicted octanol–water partition coefficient (Wildman–Crippen LogP) is 7.40. The average Bonchev–Trinajstić information content (AvgIpc) is 3.79. The minimum Gasteiger partial charge on any atom is -0.249 e. The molecule has 8 aromatic rings. The Morgan fingerprint density at radius 3 is 1.38 bits per heavy atom. The second kappa shape index (κ2) is 8.29. The van der Waals surface area contributed by atoms with Crippen molar-refractivity contribution in [3.63, 3.8) is 0 Å². The van der Waals surface area contributed by atoms with Crippen LogP contribution in [0.1, 0.15) is 0 Å². The summed E-state index contributed by atoms with van der Waals surface area (Å²) in [4.78, 5) is 0. The van der Waals surface area contributed by atoms with Crippen LogP contribution in [0.15, 0.2) is 141 Å². The molecule has 0 unspecified atom stereocenters. The number of anilines is 2. The molecule has 0 aliphatic heterocycles. The van der Waals surface area contributed by atoms with Crippen LogP contribution in [0.2, 0.25) is 0 Å². The molecule has 0 saturated carbocycles. The molecule has 0 spiro atoms. The van der Waals surface area contributed by atoms with E-state index in [0.717, 1.165) is 38.3 Å². The van der Waals surface area contributed by atoms with Gasteiger partial charge in [-0.1, -0.05) is 30.3 Å². The summed E-state index contributed by atoms with van der Waals surface area (Å²) in [6.07, 6.45) is 15.9. The van der Waals surface area contributed by atoms with E-state index in [0.29, 0.717) is 5.39 Å². The van der Waals surface area contributed by atoms with Crippen molar-refractivity contribution < 1.29 is 4.39 Å². The Bertz CT molecular complexity index is 1950. The lowest BCUT2D eigenvalue weighted by atomic mass is 9.92. The molecule has 0 radical (unpaired) electrons. The van der Waals surface area contributed by atoms with E-state index in [1.807, 2.05) is 134 Å². The van der Waals surface area contributed by atoms with Crippen molar-refractivity contribution >= 4 is 43.7 Å². The molecular formula is C32H23FN6. The molecule has 39 heavy (non-hydrogen) atoms. The van der Waals surface area contributed by atoms with Gasteiger partial charge in [0.2, 0.25) is 0 Å². The van der Waals surface area contributed by atoms with Crippen molar-refractivity contribution in [2.24, 2.45) is 0 Å². The fourth-order valence-electron chi connectivity index (χ4n) is 5.70. The number of benzene rings is 4. The minimum atomic E-state index is -0.255. The van der Waals surface area contributed by atoms with Crippen molar-refractivity contribution in [2.45, 2.75) is 0 Å². The van der Waals surface area contributed by atoms with E-state index in [2.05, 4.69) is 29.4 Å². The maximum atomic E-state index is 16.0. The van der Waals surface area contributed by atoms with Crippen LogP contribution in [-0.4, -0.2) is 18.7 Å². The molecule has 0 saturated heterocycles. The Labute approximate surface area is 223 Å². The van der Waals surface area contributed by atoms with Crippen LogP contribution < -0.4 is 10.2 Å². The number of nitrogens with zero attached hydrogens (tertiary/aromatic N) is 6. The summed E-state index contributed by atoms with van der Waals surface area (Å²) in [6, 6.07) is 30.0. The first-order chi connectivity index (χ1) is 19.3. The first-order valence-electron chi connectivity index (χ1n) is 12.8. The smallest absolute Gasteiger partial charge is 0.133 e. The molecule has 6 nitrogen and oxygen atoms in total. The van der Waals surface area contributed by atoms with Gasteiger partial charge in [-0.05, 0) is 65.4 Å². The second-order valence-corrected chi connectivity index (χ2v) is 9.54. The summed E-state index contributed by atoms with van der Waals surface area (Å²) < 4.78 is 24.0. The van der Waals surface area contributed by atoms with Crippen molar-refractivity contribution in [1.29, 1.82) is 0 Å². The molecule has 0 fully saturated rings. The Kier molecular flexibility index (Phi) is 4.60. The number of halogens is 1. The molecule has 4 heterocycles. The highest BCUT2D eigenvalue weighted by Gasteiger charge is 2.22. The summed E-state index contributed by atoms with van der Waals surface area (Å²) in [5.41, 5.74) is 1.74. The summed E-state index contributed by atoms with van der Waals surface area (Å²) in [5.74, 6) is -0.255. The van der Waals surface area contributed by atoms with Gasteiger partial charge in [-0.15, -0.1) is 0 Å². The fraction of sp³-hybridized carbons (Fsp3) is 0. The van der Waals surface area contributed by atoms with Crippen molar-refractivity contribution in [3.05, 3.63) is 146 Å². The zero-order valence-electron chi connectivity index (χ0n) is 20.8. The number of hydrogen-bond donors (Lipinski definition) is 0. The van der Waals surface area contributed by atoms with Gasteiger partial charge in [-0.3, -0.25) is 0 Å². The van der Waals surface area contributed by atoms with Crippen LogP contribution in [0.5, 0.6) is 0 Å². The third kappa shape index (κ3) is 3.20. The maximum Gasteiger partial charge on any atom is 0.133 e. The first kappa shape index (κ1) is 21.6. The highest BCUT2D eigenvalue weighted by molar-refractivity contribution is 6.27. The molecule has 4 aromatic carbocycles. The van der Waals surface area contributed by atoms with Crippen LogP contribution in [0.4, 0.5) is 15.8 Å². The minimum absolute atomic E-state index is 0.255. The van der Waals surface area contributed by atoms with Gasteiger partial charge in [0, 0.05) is 77.2 Å². The molecular weight excluding hydrogens is 487 g/mol. The van der Waals surface area contributed by atoms with Gasteiger partial charge >= 0.3 is 0 Å². The van der Waals surface area contributed by atoms with Gasteiger partial charge in [0.05, 0.1) is 11.4 Å². The van der Waals surface area contributed by atoms with Crippen LogP contribution in [0, 0.1) is 5.82 Å². The Hall–Kier alpha value is -5.43. The fourth-order valence-corrected chi connectivity index (χ4v) is 5.70. The lowest BCUT2D eigenvalue weighted by Gasteiger charge is -2.30. The van der Waals surface area contributed by atoms with E-state index in [-0.39, 0.29) is 5.82 Å². The zero-order valence-corrected chi connectivity index (χ0v) is 20.8. The zero-order chi connectivity index (χ0) is 25.9. The van der Waals surface area contributed by atoms with Crippen LogP contribution in [0.3, 0.4) is 0 Å². The lowest BCUT2D eigenvalue weighted by Crippen LogP contribution is -2.33. The average molecular weight is 511 g/mol. The molecule has 188 valence electrons. The molecule has 7 heteroatoms. The van der Waals surface area contributed by atoms with Gasteiger partial charge in [0.15, 0.2) is 0 Å². The first-order valence-corrected chi connectivity index (χ1v) is 12.8. The lowest BCUT2D eigenvalue weighted by molar-refractivity contribution is 0.603. The summed E-state index contributed by atoms with van der Waals surface area (Å²) in [5, 5.41) is 9.71. The van der Waals surface area contributed by atoms with Gasteiger partial charge in [-0.2, -0.15) is 10.2 Å². The molecule has 0 atom stereocenters. The van der Waals surface area contributed by atoms with Gasteiger partial charge in [-0.25, -0.2) is 23.1 Å². The molecule has 4 aromatic heterocycles. The van der Waals surface area contributed by atoms with E-state index in [4.69, 9.17) is 0 Å². The maximum absolute atomic E-state index is 16.0. The Morgan fingerprint density at radius 1 is 0.436 bits per heavy atom. The van der Waals surface area contributed by atoms with Gasteiger partial charge in [0.25, 0.3) is 0 Å². The van der Waals surface area contributed by atoms with Crippen LogP contribution >= 0.6 is 0 Å². The molecule has 0 aliphatic carbocycles. The van der Waals surface area contributed by atoms with Gasteiger partial charge < -0.3 is 0 Å². The monoisotopic (exact) mass is 510 g/mol. The number of rotatable bonds is 6. The number of hydrogen-bond acceptors (Lipinski definition) is 2. The van der Waals surface area contributed by atoms with E-state index < -0.39 is 0 Å². The standard InChI is InChI=1S/C32H23FN6/c33-28-23-30(39(36-19-5-6-20-36)37-21-7-8-22-37)27-11-9-24-10-14-29(26-13-12-25(28)32(27)31(24)26)38(34-15-1-2-16-34)35-17-3-4-18-35/h1-23H. The van der Waals surface area contributed by atoms with Crippen LogP contribution in [0.25, 0.3) is 32.3 Å². The molecule has 0 amide bonds. The highest BCUT2D eigenvalue weighted by atomic mass is 19.1. The van der Waals surface area contributed by atoms with E-state index in [1.165, 1.54) is 0 Å². The normalized spacial score (nSPS) is 11.7. The van der Waals surface area contributed by atoms with Crippen molar-refractivity contribution in [1.82, 2.24) is 18.7 Å². The molecule has 0 aliphatic rings. The SMILES string of the molecule is Fc1cc(N(n2cccc2)n2cccc2)c2ccc3ccc(N(n4cccc4)n4cccc4)c4ccc1c2c34. The van der Waals surface area contributed by atoms with Crippen molar-refractivity contribution in [3.8, 4) is 0 Å². The highest BCUT2D eigenvalue weighted by Crippen LogP contribution is 2.43. The number of aromatic nitrogens is 4. The Morgan fingerprint density at radius 2 is 0.846 bits per heavy atom. The third-order valence-electron chi connectivity index (χ3n) is 7.35. The molecule has 8 rings (SSSR count). The van der Waals surface area contributed by atoms with Crippen LogP contribution in [-0.2, 0) is 0 Å². The predicted molar refractivity (Wildman–Crippen MR) is 154 cm³/mol. The summed E-state index contributed by atoms with van der Waals surface area (Å²) in [6.45, 7) is 0. The molecule has 0 N–H and O–H groups in total. The van der Waals surface area contributed by atoms with E-state index in [1.54, 1.807) is 6.07 Å². The second-order valence-electron chi connectivity index (χ2n) is 9.54. The van der Waals surface area contributed by atoms with E-state index in [9.17, 15) is 0 Å².